The molecule has 106 valence electrons. The molecule has 19 heavy (non-hydrogen) atoms. The fraction of sp³-hybridized carbons (Fsp3) is 0.600. The van der Waals surface area contributed by atoms with Gasteiger partial charge in [-0.15, -0.1) is 12.6 Å². The number of thiol groups is 1. The van der Waals surface area contributed by atoms with E-state index in [1.807, 2.05) is 30.3 Å². The van der Waals surface area contributed by atoms with Crippen molar-refractivity contribution in [1.29, 1.82) is 0 Å². The third kappa shape index (κ3) is 3.51. The van der Waals surface area contributed by atoms with Crippen LogP contribution in [0, 0.1) is 11.8 Å². The van der Waals surface area contributed by atoms with Crippen molar-refractivity contribution < 1.29 is 14.6 Å². The summed E-state index contributed by atoms with van der Waals surface area (Å²) in [6.07, 6.45) is -0.388. The van der Waals surface area contributed by atoms with Crippen LogP contribution in [0.4, 0.5) is 0 Å². The predicted octanol–water partition coefficient (Wildman–Crippen LogP) is 2.49. The summed E-state index contributed by atoms with van der Waals surface area (Å²) in [5.41, 5.74) is 0.996. The topological polar surface area (TPSA) is 38.7 Å². The van der Waals surface area contributed by atoms with Gasteiger partial charge in [0.15, 0.2) is 0 Å². The fourth-order valence-electron chi connectivity index (χ4n) is 2.45. The molecule has 0 radical (unpaired) electrons. The van der Waals surface area contributed by atoms with Gasteiger partial charge < -0.3 is 14.6 Å². The summed E-state index contributed by atoms with van der Waals surface area (Å²) in [7, 11) is 0. The average Bonchev–Trinajstić information content (AvgIpc) is 2.44. The fourth-order valence-corrected chi connectivity index (χ4v) is 2.88. The first-order valence-electron chi connectivity index (χ1n) is 6.73. The maximum Gasteiger partial charge on any atom is 0.108 e. The molecule has 0 saturated carbocycles. The summed E-state index contributed by atoms with van der Waals surface area (Å²) >= 11 is 4.42. The molecule has 1 aromatic carbocycles. The van der Waals surface area contributed by atoms with Crippen molar-refractivity contribution in [3.05, 3.63) is 35.9 Å². The Morgan fingerprint density at radius 3 is 2.53 bits per heavy atom. The minimum atomic E-state index is -0.294. The maximum atomic E-state index is 9.44. The van der Waals surface area contributed by atoms with Crippen molar-refractivity contribution >= 4 is 12.6 Å². The van der Waals surface area contributed by atoms with E-state index in [9.17, 15) is 5.11 Å². The molecular weight excluding hydrogens is 260 g/mol. The van der Waals surface area contributed by atoms with Gasteiger partial charge >= 0.3 is 0 Å². The molecule has 5 atom stereocenters. The molecule has 4 heteroatoms. The van der Waals surface area contributed by atoms with Gasteiger partial charge in [-0.05, 0) is 17.4 Å². The van der Waals surface area contributed by atoms with E-state index in [2.05, 4.69) is 26.5 Å². The smallest absolute Gasteiger partial charge is 0.108 e. The highest BCUT2D eigenvalue weighted by molar-refractivity contribution is 7.80. The summed E-state index contributed by atoms with van der Waals surface area (Å²) in [6.45, 7) is 4.75. The van der Waals surface area contributed by atoms with Crippen LogP contribution < -0.4 is 0 Å². The van der Waals surface area contributed by atoms with Gasteiger partial charge in [0, 0.05) is 0 Å². The number of hydrogen-bond donors (Lipinski definition) is 2. The number of benzene rings is 1. The zero-order valence-electron chi connectivity index (χ0n) is 11.4. The minimum absolute atomic E-state index is 0.0342. The van der Waals surface area contributed by atoms with Crippen LogP contribution >= 0.6 is 12.6 Å². The van der Waals surface area contributed by atoms with Gasteiger partial charge in [0.05, 0.1) is 19.3 Å². The second-order valence-electron chi connectivity index (χ2n) is 5.23. The van der Waals surface area contributed by atoms with E-state index in [0.29, 0.717) is 18.4 Å². The molecule has 2 unspecified atom stereocenters. The quantitative estimate of drug-likeness (QED) is 0.833. The van der Waals surface area contributed by atoms with Gasteiger partial charge in [-0.25, -0.2) is 0 Å². The van der Waals surface area contributed by atoms with Crippen molar-refractivity contribution in [1.82, 2.24) is 0 Å². The zero-order chi connectivity index (χ0) is 13.8. The maximum absolute atomic E-state index is 9.44. The highest BCUT2D eigenvalue weighted by Gasteiger charge is 2.40. The Hall–Kier alpha value is -0.550. The van der Waals surface area contributed by atoms with Crippen LogP contribution in [0.5, 0.6) is 0 Å². The number of hydrogen-bond acceptors (Lipinski definition) is 4. The highest BCUT2D eigenvalue weighted by atomic mass is 32.1. The molecular formula is C15H22O3S. The van der Waals surface area contributed by atoms with Crippen LogP contribution in [0.1, 0.15) is 19.4 Å². The monoisotopic (exact) mass is 282 g/mol. The van der Waals surface area contributed by atoms with Gasteiger partial charge in [0.25, 0.3) is 0 Å². The highest BCUT2D eigenvalue weighted by Crippen LogP contribution is 2.34. The Balaban J connectivity index is 2.00. The van der Waals surface area contributed by atoms with E-state index >= 15 is 0 Å². The Labute approximate surface area is 120 Å². The third-order valence-electron chi connectivity index (χ3n) is 3.94. The Kier molecular flexibility index (Phi) is 5.28. The first kappa shape index (κ1) is 14.9. The van der Waals surface area contributed by atoms with Crippen molar-refractivity contribution in [2.45, 2.75) is 38.1 Å². The van der Waals surface area contributed by atoms with E-state index in [0.717, 1.165) is 5.56 Å². The van der Waals surface area contributed by atoms with Crippen LogP contribution in [0.15, 0.2) is 30.3 Å². The van der Waals surface area contributed by atoms with Crippen LogP contribution in [-0.2, 0) is 16.1 Å². The van der Waals surface area contributed by atoms with Crippen molar-refractivity contribution in [2.24, 2.45) is 11.8 Å². The molecule has 0 spiro atoms. The standard InChI is InChI=1S/C15H22O3S/c1-10-11(2)15(19)18-13(8-16)14(10)17-9-12-6-4-3-5-7-12/h3-7,10-11,13-16,19H,8-9H2,1-2H3/t10?,11-,13?,14+,15+/m0/s1. The molecule has 1 fully saturated rings. The molecule has 1 N–H and O–H groups in total. The lowest BCUT2D eigenvalue weighted by Gasteiger charge is -2.42. The lowest BCUT2D eigenvalue weighted by Crippen LogP contribution is -2.50. The molecule has 0 aliphatic carbocycles. The predicted molar refractivity (Wildman–Crippen MR) is 78.1 cm³/mol. The lowest BCUT2D eigenvalue weighted by molar-refractivity contribution is -0.177. The van der Waals surface area contributed by atoms with E-state index in [1.165, 1.54) is 0 Å². The van der Waals surface area contributed by atoms with Gasteiger partial charge in [0.2, 0.25) is 0 Å². The minimum Gasteiger partial charge on any atom is -0.394 e. The van der Waals surface area contributed by atoms with Crippen molar-refractivity contribution in [2.75, 3.05) is 6.61 Å². The molecule has 3 nitrogen and oxygen atoms in total. The summed E-state index contributed by atoms with van der Waals surface area (Å²) in [5.74, 6) is 0.601. The van der Waals surface area contributed by atoms with Gasteiger partial charge in [0.1, 0.15) is 11.5 Å². The summed E-state index contributed by atoms with van der Waals surface area (Å²) in [5, 5.41) is 9.44. The van der Waals surface area contributed by atoms with E-state index in [1.54, 1.807) is 0 Å². The molecule has 2 rings (SSSR count). The van der Waals surface area contributed by atoms with Crippen molar-refractivity contribution in [3.8, 4) is 0 Å². The van der Waals surface area contributed by atoms with Crippen LogP contribution in [-0.4, -0.2) is 29.4 Å². The number of aliphatic hydroxyl groups is 1. The number of rotatable bonds is 4. The van der Waals surface area contributed by atoms with E-state index in [4.69, 9.17) is 9.47 Å². The largest absolute Gasteiger partial charge is 0.394 e. The third-order valence-corrected chi connectivity index (χ3v) is 4.54. The van der Waals surface area contributed by atoms with Crippen LogP contribution in [0.25, 0.3) is 0 Å². The molecule has 1 heterocycles. The normalized spacial score (nSPS) is 35.3. The zero-order valence-corrected chi connectivity index (χ0v) is 12.3. The average molecular weight is 282 g/mol. The summed E-state index contributed by atoms with van der Waals surface area (Å²) in [6, 6.07) is 10.0. The van der Waals surface area contributed by atoms with Crippen molar-refractivity contribution in [3.63, 3.8) is 0 Å². The Morgan fingerprint density at radius 2 is 1.89 bits per heavy atom. The second-order valence-corrected chi connectivity index (χ2v) is 5.74. The SMILES string of the molecule is CC1[C@@H](OCc2ccccc2)C(CO)O[C@H](S)[C@H]1C. The first-order valence-corrected chi connectivity index (χ1v) is 7.25. The first-order chi connectivity index (χ1) is 9.13. The lowest BCUT2D eigenvalue weighted by atomic mass is 9.85. The molecule has 1 aliphatic heterocycles. The Bertz CT molecular complexity index is 382. The Morgan fingerprint density at radius 1 is 1.21 bits per heavy atom. The van der Waals surface area contributed by atoms with E-state index < -0.39 is 0 Å². The molecule has 1 saturated heterocycles. The van der Waals surface area contributed by atoms with Crippen LogP contribution in [0.2, 0.25) is 0 Å². The summed E-state index contributed by atoms with van der Waals surface area (Å²) < 4.78 is 11.7. The molecule has 0 aromatic heterocycles. The second kappa shape index (κ2) is 6.75. The van der Waals surface area contributed by atoms with E-state index in [-0.39, 0.29) is 24.3 Å². The van der Waals surface area contributed by atoms with Crippen LogP contribution in [0.3, 0.4) is 0 Å². The summed E-state index contributed by atoms with van der Waals surface area (Å²) in [4.78, 5) is 0. The van der Waals surface area contributed by atoms with Gasteiger partial charge in [-0.3, -0.25) is 0 Å². The van der Waals surface area contributed by atoms with Gasteiger partial charge in [-0.1, -0.05) is 44.2 Å². The molecule has 1 aromatic rings. The number of ether oxygens (including phenoxy) is 2. The van der Waals surface area contributed by atoms with Gasteiger partial charge in [-0.2, -0.15) is 0 Å². The molecule has 0 bridgehead atoms. The number of aliphatic hydroxyl groups excluding tert-OH is 1. The molecule has 0 amide bonds. The molecule has 1 aliphatic rings.